The monoisotopic (exact) mass is 275 g/mol. The Kier molecular flexibility index (Phi) is 4.39. The number of nitrogens with zero attached hydrogens (tertiary/aromatic N) is 3. The van der Waals surface area contributed by atoms with Gasteiger partial charge < -0.3 is 16.0 Å². The molecule has 0 saturated heterocycles. The summed E-state index contributed by atoms with van der Waals surface area (Å²) in [7, 11) is 0. The van der Waals surface area contributed by atoms with Gasteiger partial charge in [0.25, 0.3) is 0 Å². The van der Waals surface area contributed by atoms with Crippen LogP contribution in [0, 0.1) is 11.3 Å². The van der Waals surface area contributed by atoms with Gasteiger partial charge in [-0.2, -0.15) is 5.26 Å². The van der Waals surface area contributed by atoms with Crippen molar-refractivity contribution in [1.82, 2.24) is 10.1 Å². The molecule has 0 saturated carbocycles. The number of nitrogens with two attached hydrogens (primary N) is 2. The number of hydrogen-bond acceptors (Lipinski definition) is 7. The molecule has 0 radical (unpaired) electrons. The summed E-state index contributed by atoms with van der Waals surface area (Å²) in [6.45, 7) is 0.515. The molecule has 98 valence electrons. The van der Waals surface area contributed by atoms with E-state index in [-0.39, 0.29) is 5.25 Å². The summed E-state index contributed by atoms with van der Waals surface area (Å²) in [5.74, 6) is 1.11. The van der Waals surface area contributed by atoms with Crippen molar-refractivity contribution in [2.24, 2.45) is 5.73 Å². The number of thioether (sulfide) groups is 1. The quantitative estimate of drug-likeness (QED) is 0.798. The van der Waals surface area contributed by atoms with Crippen LogP contribution in [0.3, 0.4) is 0 Å². The Morgan fingerprint density at radius 1 is 1.53 bits per heavy atom. The highest BCUT2D eigenvalue weighted by molar-refractivity contribution is 7.99. The zero-order valence-electron chi connectivity index (χ0n) is 10.1. The fourth-order valence-corrected chi connectivity index (χ4v) is 2.80. The van der Waals surface area contributed by atoms with E-state index in [1.807, 2.05) is 0 Å². The minimum absolute atomic E-state index is 0.00130. The molecule has 2 rings (SSSR count). The lowest BCUT2D eigenvalue weighted by Crippen LogP contribution is -2.05. The molecule has 1 atom stereocenters. The molecule has 0 amide bonds. The summed E-state index contributed by atoms with van der Waals surface area (Å²) >= 11 is 1.48. The number of anilines is 1. The third-order valence-electron chi connectivity index (χ3n) is 2.48. The van der Waals surface area contributed by atoms with Gasteiger partial charge in [-0.05, 0) is 19.0 Å². The predicted octanol–water partition coefficient (Wildman–Crippen LogP) is 1.71. The molecule has 0 spiro atoms. The van der Waals surface area contributed by atoms with Crippen LogP contribution in [0.15, 0.2) is 33.9 Å². The second kappa shape index (κ2) is 6.22. The van der Waals surface area contributed by atoms with Crippen LogP contribution >= 0.6 is 11.8 Å². The molecule has 0 aromatic carbocycles. The number of nitriles is 1. The predicted molar refractivity (Wildman–Crippen MR) is 72.1 cm³/mol. The first kappa shape index (κ1) is 13.4. The summed E-state index contributed by atoms with van der Waals surface area (Å²) in [5.41, 5.74) is 11.8. The maximum Gasteiger partial charge on any atom is 0.150 e. The Morgan fingerprint density at radius 2 is 2.37 bits per heavy atom. The van der Waals surface area contributed by atoms with Crippen LogP contribution in [-0.2, 0) is 0 Å². The first-order valence-corrected chi connectivity index (χ1v) is 6.55. The Balaban J connectivity index is 2.27. The molecule has 2 aromatic rings. The van der Waals surface area contributed by atoms with E-state index in [4.69, 9.17) is 21.3 Å². The fourth-order valence-electron chi connectivity index (χ4n) is 1.59. The average molecular weight is 275 g/mol. The third-order valence-corrected chi connectivity index (χ3v) is 3.83. The minimum atomic E-state index is 0.00130. The lowest BCUT2D eigenvalue weighted by atomic mass is 10.2. The first-order chi connectivity index (χ1) is 9.24. The molecule has 0 aliphatic heterocycles. The molecular weight excluding hydrogens is 262 g/mol. The molecule has 1 unspecified atom stereocenters. The lowest BCUT2D eigenvalue weighted by molar-refractivity contribution is 0.379. The molecule has 6 nitrogen and oxygen atoms in total. The van der Waals surface area contributed by atoms with E-state index in [2.05, 4.69) is 16.2 Å². The molecule has 19 heavy (non-hydrogen) atoms. The Morgan fingerprint density at radius 3 is 3.00 bits per heavy atom. The standard InChI is InChI=1S/C12H13N5OS/c13-3-1-10(9-2-4-17-18-9)19-11-5-12(15)16-7-8(11)6-14/h2,4-5,7,10H,1,3,13H2,(H2,15,16). The number of rotatable bonds is 5. The first-order valence-electron chi connectivity index (χ1n) is 5.67. The smallest absolute Gasteiger partial charge is 0.150 e. The molecule has 2 heterocycles. The van der Waals surface area contributed by atoms with E-state index in [0.29, 0.717) is 24.3 Å². The topological polar surface area (TPSA) is 115 Å². The van der Waals surface area contributed by atoms with E-state index >= 15 is 0 Å². The van der Waals surface area contributed by atoms with Crippen LogP contribution in [0.1, 0.15) is 23.0 Å². The zero-order valence-corrected chi connectivity index (χ0v) is 10.9. The molecular formula is C12H13N5OS. The van der Waals surface area contributed by atoms with Crippen molar-refractivity contribution >= 4 is 17.6 Å². The van der Waals surface area contributed by atoms with Crippen LogP contribution in [0.2, 0.25) is 0 Å². The van der Waals surface area contributed by atoms with E-state index in [9.17, 15) is 0 Å². The van der Waals surface area contributed by atoms with Gasteiger partial charge >= 0.3 is 0 Å². The highest BCUT2D eigenvalue weighted by Crippen LogP contribution is 2.39. The minimum Gasteiger partial charge on any atom is -0.384 e. The van der Waals surface area contributed by atoms with E-state index in [1.165, 1.54) is 18.0 Å². The van der Waals surface area contributed by atoms with Crippen molar-refractivity contribution in [3.05, 3.63) is 35.9 Å². The number of pyridine rings is 1. The van der Waals surface area contributed by atoms with Crippen molar-refractivity contribution in [2.75, 3.05) is 12.3 Å². The SMILES string of the molecule is N#Cc1cnc(N)cc1SC(CCN)c1ccno1. The van der Waals surface area contributed by atoms with Crippen LogP contribution in [0.4, 0.5) is 5.82 Å². The van der Waals surface area contributed by atoms with Crippen LogP contribution in [-0.4, -0.2) is 16.7 Å². The summed E-state index contributed by atoms with van der Waals surface area (Å²) in [6, 6.07) is 5.58. The number of hydrogen-bond donors (Lipinski definition) is 2. The fraction of sp³-hybridized carbons (Fsp3) is 0.250. The van der Waals surface area contributed by atoms with Gasteiger partial charge in [-0.1, -0.05) is 5.16 Å². The maximum atomic E-state index is 9.08. The Bertz CT molecular complexity index is 578. The largest absolute Gasteiger partial charge is 0.384 e. The zero-order chi connectivity index (χ0) is 13.7. The normalized spacial score (nSPS) is 12.0. The van der Waals surface area contributed by atoms with Gasteiger partial charge in [0.2, 0.25) is 0 Å². The molecule has 7 heteroatoms. The summed E-state index contributed by atoms with van der Waals surface area (Å²) < 4.78 is 5.17. The van der Waals surface area contributed by atoms with Crippen molar-refractivity contribution in [3.8, 4) is 6.07 Å². The van der Waals surface area contributed by atoms with Crippen LogP contribution in [0.5, 0.6) is 0 Å². The molecule has 4 N–H and O–H groups in total. The maximum absolute atomic E-state index is 9.08. The summed E-state index contributed by atoms with van der Waals surface area (Å²) in [5, 5.41) is 12.8. The van der Waals surface area contributed by atoms with Crippen LogP contribution < -0.4 is 11.5 Å². The molecule has 0 bridgehead atoms. The number of nitrogen functional groups attached to an aromatic ring is 1. The Labute approximate surface area is 114 Å². The average Bonchev–Trinajstić information content (AvgIpc) is 2.92. The van der Waals surface area contributed by atoms with E-state index in [1.54, 1.807) is 18.3 Å². The number of aromatic nitrogens is 2. The van der Waals surface area contributed by atoms with Crippen LogP contribution in [0.25, 0.3) is 0 Å². The van der Waals surface area contributed by atoms with Gasteiger partial charge in [0.1, 0.15) is 17.6 Å². The molecule has 0 aliphatic rings. The van der Waals surface area contributed by atoms with Gasteiger partial charge in [-0.3, -0.25) is 0 Å². The highest BCUT2D eigenvalue weighted by Gasteiger charge is 2.18. The summed E-state index contributed by atoms with van der Waals surface area (Å²) in [4.78, 5) is 4.68. The molecule has 0 aliphatic carbocycles. The van der Waals surface area contributed by atoms with Crippen molar-refractivity contribution in [1.29, 1.82) is 5.26 Å². The third kappa shape index (κ3) is 3.24. The van der Waals surface area contributed by atoms with Crippen molar-refractivity contribution < 1.29 is 4.52 Å². The van der Waals surface area contributed by atoms with Gasteiger partial charge in [-0.25, -0.2) is 4.98 Å². The van der Waals surface area contributed by atoms with E-state index < -0.39 is 0 Å². The van der Waals surface area contributed by atoms with Gasteiger partial charge in [0, 0.05) is 17.2 Å². The Hall–Kier alpha value is -2.04. The van der Waals surface area contributed by atoms with Gasteiger partial charge in [-0.15, -0.1) is 11.8 Å². The lowest BCUT2D eigenvalue weighted by Gasteiger charge is -2.13. The summed E-state index contributed by atoms with van der Waals surface area (Å²) in [6.07, 6.45) is 3.77. The molecule has 2 aromatic heterocycles. The van der Waals surface area contributed by atoms with E-state index in [0.717, 1.165) is 10.7 Å². The second-order valence-corrected chi connectivity index (χ2v) is 5.06. The van der Waals surface area contributed by atoms with Gasteiger partial charge in [0.05, 0.1) is 17.0 Å². The van der Waals surface area contributed by atoms with Crippen molar-refractivity contribution in [2.45, 2.75) is 16.6 Å². The second-order valence-electron chi connectivity index (χ2n) is 3.82. The van der Waals surface area contributed by atoms with Gasteiger partial charge in [0.15, 0.2) is 0 Å². The van der Waals surface area contributed by atoms with Crippen molar-refractivity contribution in [3.63, 3.8) is 0 Å². The molecule has 0 fully saturated rings. The highest BCUT2D eigenvalue weighted by atomic mass is 32.2.